The Kier molecular flexibility index (Phi) is 2.85. The van der Waals surface area contributed by atoms with Crippen LogP contribution in [0.3, 0.4) is 0 Å². The lowest BCUT2D eigenvalue weighted by Gasteiger charge is -2.06. The van der Waals surface area contributed by atoms with Gasteiger partial charge in [-0.05, 0) is 12.8 Å². The van der Waals surface area contributed by atoms with E-state index in [4.69, 9.17) is 0 Å². The van der Waals surface area contributed by atoms with Gasteiger partial charge in [-0.3, -0.25) is 4.79 Å². The number of amides is 1. The number of rotatable bonds is 3. The van der Waals surface area contributed by atoms with Crippen LogP contribution in [0.25, 0.3) is 0 Å². The Hall–Kier alpha value is -1.52. The highest BCUT2D eigenvalue weighted by Crippen LogP contribution is 2.20. The maximum absolute atomic E-state index is 13.2. The van der Waals surface area contributed by atoms with Crippen LogP contribution in [-0.2, 0) is 11.2 Å². The molecule has 5 heteroatoms. The molecule has 1 amide bonds. The monoisotopic (exact) mass is 229 g/mol. The smallest absolute Gasteiger partial charge is 0.224 e. The lowest BCUT2D eigenvalue weighted by atomic mass is 10.1. The van der Waals surface area contributed by atoms with Gasteiger partial charge in [0.25, 0.3) is 0 Å². The van der Waals surface area contributed by atoms with E-state index in [1.165, 1.54) is 0 Å². The molecule has 2 rings (SSSR count). The second-order valence-electron chi connectivity index (χ2n) is 3.87. The summed E-state index contributed by atoms with van der Waals surface area (Å²) in [7, 11) is 0. The van der Waals surface area contributed by atoms with Crippen LogP contribution in [0.1, 0.15) is 18.4 Å². The Morgan fingerprint density at radius 2 is 1.81 bits per heavy atom. The molecule has 86 valence electrons. The second-order valence-corrected chi connectivity index (χ2v) is 3.87. The first-order valence-corrected chi connectivity index (χ1v) is 4.99. The van der Waals surface area contributed by atoms with Gasteiger partial charge >= 0.3 is 0 Å². The van der Waals surface area contributed by atoms with Crippen LogP contribution in [0, 0.1) is 17.5 Å². The predicted octanol–water partition coefficient (Wildman–Crippen LogP) is 1.93. The zero-order valence-electron chi connectivity index (χ0n) is 8.40. The molecule has 1 aliphatic carbocycles. The molecule has 0 bridgehead atoms. The van der Waals surface area contributed by atoms with Crippen LogP contribution in [0.5, 0.6) is 0 Å². The number of hydrogen-bond acceptors (Lipinski definition) is 1. The third kappa shape index (κ3) is 2.53. The van der Waals surface area contributed by atoms with Gasteiger partial charge in [-0.25, -0.2) is 13.2 Å². The van der Waals surface area contributed by atoms with Crippen LogP contribution in [0.15, 0.2) is 12.1 Å². The fourth-order valence-electron chi connectivity index (χ4n) is 1.41. The number of hydrogen-bond donors (Lipinski definition) is 1. The highest BCUT2D eigenvalue weighted by molar-refractivity contribution is 5.79. The molecule has 1 aromatic rings. The lowest BCUT2D eigenvalue weighted by molar-refractivity contribution is -0.120. The topological polar surface area (TPSA) is 29.1 Å². The van der Waals surface area contributed by atoms with E-state index in [9.17, 15) is 18.0 Å². The van der Waals surface area contributed by atoms with E-state index in [0.717, 1.165) is 12.8 Å². The minimum atomic E-state index is -1.02. The normalized spacial score (nSPS) is 14.9. The van der Waals surface area contributed by atoms with Gasteiger partial charge in [0.1, 0.15) is 17.5 Å². The van der Waals surface area contributed by atoms with E-state index >= 15 is 0 Å². The molecule has 1 N–H and O–H groups in total. The zero-order chi connectivity index (χ0) is 11.7. The third-order valence-corrected chi connectivity index (χ3v) is 2.39. The van der Waals surface area contributed by atoms with Gasteiger partial charge in [-0.1, -0.05) is 0 Å². The Balaban J connectivity index is 2.10. The van der Waals surface area contributed by atoms with E-state index in [-0.39, 0.29) is 11.6 Å². The van der Waals surface area contributed by atoms with Crippen LogP contribution < -0.4 is 5.32 Å². The standard InChI is InChI=1S/C11H10F3NO/c12-6-3-9(13)8(10(14)4-6)5-11(16)15-7-1-2-7/h3-4,7H,1-2,5H2,(H,15,16). The SMILES string of the molecule is O=C(Cc1c(F)cc(F)cc1F)NC1CC1. The molecule has 0 unspecified atom stereocenters. The molecule has 0 aromatic heterocycles. The first-order chi connectivity index (χ1) is 7.56. The molecule has 0 spiro atoms. The summed E-state index contributed by atoms with van der Waals surface area (Å²) in [4.78, 5) is 11.3. The van der Waals surface area contributed by atoms with E-state index in [0.29, 0.717) is 12.1 Å². The van der Waals surface area contributed by atoms with E-state index in [1.807, 2.05) is 0 Å². The average Bonchev–Trinajstić information content (AvgIpc) is 2.95. The molecular weight excluding hydrogens is 219 g/mol. The summed E-state index contributed by atoms with van der Waals surface area (Å²) in [6.07, 6.45) is 1.41. The van der Waals surface area contributed by atoms with Gasteiger partial charge in [0.05, 0.1) is 6.42 Å². The summed E-state index contributed by atoms with van der Waals surface area (Å²) in [5, 5.41) is 2.61. The molecular formula is C11H10F3NO. The van der Waals surface area contributed by atoms with Gasteiger partial charge in [0.15, 0.2) is 0 Å². The van der Waals surface area contributed by atoms with Crippen LogP contribution in [0.2, 0.25) is 0 Å². The summed E-state index contributed by atoms with van der Waals surface area (Å²) in [5.74, 6) is -3.47. The summed E-state index contributed by atoms with van der Waals surface area (Å²) in [6, 6.07) is 1.28. The molecule has 2 nitrogen and oxygen atoms in total. The maximum Gasteiger partial charge on any atom is 0.224 e. The van der Waals surface area contributed by atoms with Crippen LogP contribution in [-0.4, -0.2) is 11.9 Å². The number of carbonyl (C=O) groups excluding carboxylic acids is 1. The molecule has 1 aliphatic rings. The highest BCUT2D eigenvalue weighted by atomic mass is 19.1. The quantitative estimate of drug-likeness (QED) is 0.843. The first kappa shape index (κ1) is 11.0. The number of nitrogens with one attached hydrogen (secondary N) is 1. The summed E-state index contributed by atoms with van der Waals surface area (Å²) < 4.78 is 38.9. The van der Waals surface area contributed by atoms with Gasteiger partial charge in [0, 0.05) is 23.7 Å². The Labute approximate surface area is 90.5 Å². The maximum atomic E-state index is 13.2. The number of benzene rings is 1. The Bertz CT molecular complexity index is 406. The predicted molar refractivity (Wildman–Crippen MR) is 51.2 cm³/mol. The van der Waals surface area contributed by atoms with Gasteiger partial charge in [-0.2, -0.15) is 0 Å². The summed E-state index contributed by atoms with van der Waals surface area (Å²) >= 11 is 0. The molecule has 0 atom stereocenters. The largest absolute Gasteiger partial charge is 0.353 e. The fourth-order valence-corrected chi connectivity index (χ4v) is 1.41. The fraction of sp³-hybridized carbons (Fsp3) is 0.364. The molecule has 0 radical (unpaired) electrons. The molecule has 16 heavy (non-hydrogen) atoms. The van der Waals surface area contributed by atoms with Gasteiger partial charge < -0.3 is 5.32 Å². The van der Waals surface area contributed by atoms with Gasteiger partial charge in [-0.15, -0.1) is 0 Å². The first-order valence-electron chi connectivity index (χ1n) is 4.99. The van der Waals surface area contributed by atoms with Crippen molar-refractivity contribution in [3.05, 3.63) is 35.1 Å². The molecule has 0 heterocycles. The van der Waals surface area contributed by atoms with E-state index in [2.05, 4.69) is 5.32 Å². The Morgan fingerprint density at radius 1 is 1.25 bits per heavy atom. The van der Waals surface area contributed by atoms with Crippen molar-refractivity contribution in [1.29, 1.82) is 0 Å². The minimum absolute atomic E-state index is 0.138. The van der Waals surface area contributed by atoms with Crippen LogP contribution >= 0.6 is 0 Å². The molecule has 1 aromatic carbocycles. The van der Waals surface area contributed by atoms with Crippen molar-refractivity contribution in [2.45, 2.75) is 25.3 Å². The average molecular weight is 229 g/mol. The highest BCUT2D eigenvalue weighted by Gasteiger charge is 2.24. The van der Waals surface area contributed by atoms with E-state index < -0.39 is 29.8 Å². The van der Waals surface area contributed by atoms with Crippen molar-refractivity contribution in [3.63, 3.8) is 0 Å². The number of halogens is 3. The number of carbonyl (C=O) groups is 1. The molecule has 0 saturated heterocycles. The van der Waals surface area contributed by atoms with E-state index in [1.54, 1.807) is 0 Å². The van der Waals surface area contributed by atoms with Crippen molar-refractivity contribution >= 4 is 5.91 Å². The summed E-state index contributed by atoms with van der Waals surface area (Å²) in [5.41, 5.74) is -0.389. The van der Waals surface area contributed by atoms with Crippen molar-refractivity contribution in [1.82, 2.24) is 5.32 Å². The third-order valence-electron chi connectivity index (χ3n) is 2.39. The van der Waals surface area contributed by atoms with Gasteiger partial charge in [0.2, 0.25) is 5.91 Å². The summed E-state index contributed by atoms with van der Waals surface area (Å²) in [6.45, 7) is 0. The van der Waals surface area contributed by atoms with Crippen molar-refractivity contribution < 1.29 is 18.0 Å². The Morgan fingerprint density at radius 3 is 2.31 bits per heavy atom. The van der Waals surface area contributed by atoms with Crippen LogP contribution in [0.4, 0.5) is 13.2 Å². The zero-order valence-corrected chi connectivity index (χ0v) is 8.40. The van der Waals surface area contributed by atoms with Crippen molar-refractivity contribution in [3.8, 4) is 0 Å². The van der Waals surface area contributed by atoms with Crippen molar-refractivity contribution in [2.24, 2.45) is 0 Å². The lowest BCUT2D eigenvalue weighted by Crippen LogP contribution is -2.27. The molecule has 1 saturated carbocycles. The minimum Gasteiger partial charge on any atom is -0.353 e. The van der Waals surface area contributed by atoms with Crippen molar-refractivity contribution in [2.75, 3.05) is 0 Å². The molecule has 1 fully saturated rings. The second kappa shape index (κ2) is 4.15. The molecule has 0 aliphatic heterocycles.